The number of esters is 2. The van der Waals surface area contributed by atoms with Crippen molar-refractivity contribution in [2.45, 2.75) is 55.5 Å². The molecule has 0 saturated carbocycles. The van der Waals surface area contributed by atoms with Gasteiger partial charge in [0.25, 0.3) is 0 Å². The highest BCUT2D eigenvalue weighted by atomic mass is 32.2. The lowest BCUT2D eigenvalue weighted by atomic mass is 10.1. The lowest BCUT2D eigenvalue weighted by Gasteiger charge is -2.32. The standard InChI is InChI=1S/C20H18F10O8S/c1-11(2)14(31)38-17(19(26,27)28,15(32)37-13-7-5-12(6-8-13)18(23,24)25)36-10-4-3-9-16(21,22)20(29,30)39(33,34)35/h5-8H,1,3-4,9-10H2,2H3,(H,33,34,35). The Morgan fingerprint density at radius 3 is 1.85 bits per heavy atom. The highest BCUT2D eigenvalue weighted by molar-refractivity contribution is 7.87. The van der Waals surface area contributed by atoms with Crippen molar-refractivity contribution in [2.24, 2.45) is 0 Å². The average Bonchev–Trinajstić information content (AvgIpc) is 2.75. The Morgan fingerprint density at radius 2 is 1.44 bits per heavy atom. The Labute approximate surface area is 213 Å². The number of halogens is 10. The van der Waals surface area contributed by atoms with Crippen molar-refractivity contribution in [1.29, 1.82) is 0 Å². The van der Waals surface area contributed by atoms with Crippen LogP contribution in [-0.4, -0.2) is 54.7 Å². The molecule has 0 aliphatic carbocycles. The second kappa shape index (κ2) is 11.7. The van der Waals surface area contributed by atoms with E-state index >= 15 is 0 Å². The van der Waals surface area contributed by atoms with Gasteiger partial charge in [-0.25, -0.2) is 9.59 Å². The molecule has 0 amide bonds. The number of rotatable bonds is 12. The van der Waals surface area contributed by atoms with Crippen LogP contribution in [0.2, 0.25) is 0 Å². The van der Waals surface area contributed by atoms with Gasteiger partial charge in [-0.05, 0) is 44.0 Å². The van der Waals surface area contributed by atoms with E-state index in [9.17, 15) is 61.9 Å². The van der Waals surface area contributed by atoms with E-state index in [0.29, 0.717) is 24.3 Å². The van der Waals surface area contributed by atoms with Crippen molar-refractivity contribution in [2.75, 3.05) is 6.61 Å². The smallest absolute Gasteiger partial charge is 0.421 e. The first kappa shape index (κ1) is 34.1. The van der Waals surface area contributed by atoms with E-state index in [4.69, 9.17) is 4.55 Å². The fourth-order valence-electron chi connectivity index (χ4n) is 2.49. The number of alkyl halides is 10. The Bertz CT molecular complexity index is 1160. The first-order valence-electron chi connectivity index (χ1n) is 10.1. The summed E-state index contributed by atoms with van der Waals surface area (Å²) >= 11 is 0. The van der Waals surface area contributed by atoms with Gasteiger partial charge < -0.3 is 14.2 Å². The molecule has 222 valence electrons. The minimum Gasteiger partial charge on any atom is -0.421 e. The molecule has 0 fully saturated rings. The van der Waals surface area contributed by atoms with Crippen molar-refractivity contribution in [3.8, 4) is 5.75 Å². The molecule has 1 N–H and O–H groups in total. The van der Waals surface area contributed by atoms with Crippen LogP contribution in [0.5, 0.6) is 5.75 Å². The van der Waals surface area contributed by atoms with Gasteiger partial charge in [0, 0.05) is 12.0 Å². The summed E-state index contributed by atoms with van der Waals surface area (Å²) in [5.41, 5.74) is -1.98. The largest absolute Gasteiger partial charge is 0.468 e. The minimum atomic E-state index is -6.57. The molecule has 0 saturated heterocycles. The lowest BCUT2D eigenvalue weighted by Crippen LogP contribution is -2.59. The summed E-state index contributed by atoms with van der Waals surface area (Å²) in [5, 5.41) is -5.95. The average molecular weight is 608 g/mol. The Balaban J connectivity index is 3.18. The Hall–Kier alpha value is -2.93. The summed E-state index contributed by atoms with van der Waals surface area (Å²) in [4.78, 5) is 24.3. The van der Waals surface area contributed by atoms with Gasteiger partial charge in [0.1, 0.15) is 5.75 Å². The number of benzene rings is 1. The van der Waals surface area contributed by atoms with Gasteiger partial charge in [-0.2, -0.15) is 52.3 Å². The van der Waals surface area contributed by atoms with Crippen molar-refractivity contribution in [3.63, 3.8) is 0 Å². The molecule has 0 heterocycles. The number of hydrogen-bond acceptors (Lipinski definition) is 7. The van der Waals surface area contributed by atoms with Crippen LogP contribution in [0.1, 0.15) is 31.7 Å². The summed E-state index contributed by atoms with van der Waals surface area (Å²) in [6, 6.07) is 1.56. The zero-order valence-corrected chi connectivity index (χ0v) is 20.2. The van der Waals surface area contributed by atoms with Crippen LogP contribution >= 0.6 is 0 Å². The molecule has 0 aliphatic rings. The molecule has 0 bridgehead atoms. The van der Waals surface area contributed by atoms with E-state index in [-0.39, 0.29) is 0 Å². The molecule has 0 spiro atoms. The normalized spacial score (nSPS) is 14.9. The molecular formula is C20H18F10O8S. The Kier molecular flexibility index (Phi) is 10.2. The molecule has 1 aromatic carbocycles. The lowest BCUT2D eigenvalue weighted by molar-refractivity contribution is -0.352. The highest BCUT2D eigenvalue weighted by Crippen LogP contribution is 2.42. The van der Waals surface area contributed by atoms with E-state index in [0.717, 1.165) is 6.92 Å². The van der Waals surface area contributed by atoms with Crippen LogP contribution in [-0.2, 0) is 35.4 Å². The van der Waals surface area contributed by atoms with E-state index in [1.807, 2.05) is 0 Å². The molecule has 1 unspecified atom stereocenters. The molecule has 0 aromatic heterocycles. The molecule has 0 radical (unpaired) electrons. The van der Waals surface area contributed by atoms with Gasteiger partial charge in [-0.15, -0.1) is 0 Å². The van der Waals surface area contributed by atoms with Crippen LogP contribution in [0.4, 0.5) is 43.9 Å². The predicted molar refractivity (Wildman–Crippen MR) is 108 cm³/mol. The van der Waals surface area contributed by atoms with Crippen LogP contribution in [0, 0.1) is 0 Å². The SMILES string of the molecule is C=C(C)C(=O)OC(OCCCCC(F)(F)C(F)(F)S(=O)(=O)O)(C(=O)Oc1ccc(C(F)(F)F)cc1)C(F)(F)F. The van der Waals surface area contributed by atoms with E-state index in [1.54, 1.807) is 0 Å². The third kappa shape index (κ3) is 8.04. The first-order chi connectivity index (χ1) is 17.4. The third-order valence-electron chi connectivity index (χ3n) is 4.56. The number of unbranched alkanes of at least 4 members (excludes halogenated alkanes) is 1. The highest BCUT2D eigenvalue weighted by Gasteiger charge is 2.68. The zero-order valence-electron chi connectivity index (χ0n) is 19.3. The maximum Gasteiger partial charge on any atom is 0.468 e. The molecule has 39 heavy (non-hydrogen) atoms. The van der Waals surface area contributed by atoms with Crippen LogP contribution in [0.3, 0.4) is 0 Å². The second-order valence-electron chi connectivity index (χ2n) is 7.70. The van der Waals surface area contributed by atoms with Gasteiger partial charge >= 0.3 is 51.4 Å². The number of hydrogen-bond donors (Lipinski definition) is 1. The van der Waals surface area contributed by atoms with Crippen LogP contribution in [0.25, 0.3) is 0 Å². The summed E-state index contributed by atoms with van der Waals surface area (Å²) in [7, 11) is -6.57. The molecule has 19 heteroatoms. The molecule has 1 atom stereocenters. The third-order valence-corrected chi connectivity index (χ3v) is 5.51. The predicted octanol–water partition coefficient (Wildman–Crippen LogP) is 5.29. The van der Waals surface area contributed by atoms with E-state index in [2.05, 4.69) is 20.8 Å². The van der Waals surface area contributed by atoms with Gasteiger partial charge in [-0.3, -0.25) is 4.55 Å². The maximum atomic E-state index is 14.0. The van der Waals surface area contributed by atoms with Crippen molar-refractivity contribution >= 4 is 22.1 Å². The van der Waals surface area contributed by atoms with E-state index in [1.165, 1.54) is 0 Å². The number of carbonyl (C=O) groups excluding carboxylic acids is 2. The maximum absolute atomic E-state index is 14.0. The molecule has 0 aliphatic heterocycles. The van der Waals surface area contributed by atoms with Crippen LogP contribution < -0.4 is 4.74 Å². The minimum absolute atomic E-state index is 0.334. The summed E-state index contributed by atoms with van der Waals surface area (Å²) in [6.07, 6.45) is -15.0. The zero-order chi connectivity index (χ0) is 30.7. The van der Waals surface area contributed by atoms with Gasteiger partial charge in [0.2, 0.25) is 0 Å². The van der Waals surface area contributed by atoms with Gasteiger partial charge in [-0.1, -0.05) is 6.58 Å². The quantitative estimate of drug-likeness (QED) is 0.0648. The fraction of sp³-hybridized carbons (Fsp3) is 0.500. The fourth-order valence-corrected chi connectivity index (χ4v) is 2.97. The van der Waals surface area contributed by atoms with Crippen molar-refractivity contribution in [1.82, 2.24) is 0 Å². The first-order valence-corrected chi connectivity index (χ1v) is 11.5. The van der Waals surface area contributed by atoms with Gasteiger partial charge in [0.15, 0.2) is 0 Å². The van der Waals surface area contributed by atoms with E-state index < -0.39 is 94.1 Å². The van der Waals surface area contributed by atoms with Gasteiger partial charge in [0.05, 0.1) is 12.2 Å². The number of ether oxygens (including phenoxy) is 3. The topological polar surface area (TPSA) is 116 Å². The van der Waals surface area contributed by atoms with Crippen molar-refractivity contribution in [3.05, 3.63) is 42.0 Å². The summed E-state index contributed by atoms with van der Waals surface area (Å²) in [6.45, 7) is 2.43. The van der Waals surface area contributed by atoms with Crippen LogP contribution in [0.15, 0.2) is 36.4 Å². The molecule has 1 aromatic rings. The number of carbonyl (C=O) groups is 2. The monoisotopic (exact) mass is 608 g/mol. The Morgan fingerprint density at radius 1 is 0.923 bits per heavy atom. The summed E-state index contributed by atoms with van der Waals surface area (Å²) < 4.78 is 176. The molecule has 8 nitrogen and oxygen atoms in total. The summed E-state index contributed by atoms with van der Waals surface area (Å²) in [5.74, 6) is -15.3. The second-order valence-corrected chi connectivity index (χ2v) is 9.16. The molecule has 1 rings (SSSR count). The molecular weight excluding hydrogens is 590 g/mol. The van der Waals surface area contributed by atoms with Crippen molar-refractivity contribution < 1.29 is 80.7 Å².